The maximum Gasteiger partial charge on any atom is 0.0465 e. The van der Waals surface area contributed by atoms with Gasteiger partial charge in [0, 0.05) is 68.2 Å². The number of hydrogen-bond acceptors (Lipinski definition) is 3. The number of anilines is 3. The Labute approximate surface area is 341 Å². The average Bonchev–Trinajstić information content (AvgIpc) is 3.93. The van der Waals surface area contributed by atoms with Crippen LogP contribution in [0.2, 0.25) is 0 Å². The molecule has 0 spiro atoms. The molecule has 0 aliphatic heterocycles. The Hall–Kier alpha value is -6.00. The quantitative estimate of drug-likeness (QED) is 0.172. The van der Waals surface area contributed by atoms with Gasteiger partial charge in [-0.25, -0.2) is 0 Å². The molecule has 0 saturated carbocycles. The number of hydrogen-bond donors (Lipinski definition) is 0. The lowest BCUT2D eigenvalue weighted by Gasteiger charge is -2.30. The summed E-state index contributed by atoms with van der Waals surface area (Å²) in [6, 6.07) is 61.8. The maximum absolute atomic E-state index is 2.48. The maximum atomic E-state index is 2.48. The molecule has 57 heavy (non-hydrogen) atoms. The molecule has 2 aliphatic carbocycles. The summed E-state index contributed by atoms with van der Waals surface area (Å²) < 4.78 is 5.39. The minimum Gasteiger partial charge on any atom is -0.310 e. The Bertz CT molecular complexity index is 3300. The molecule has 2 aliphatic rings. The van der Waals surface area contributed by atoms with Crippen molar-refractivity contribution in [3.05, 3.63) is 186 Å². The van der Waals surface area contributed by atoms with E-state index < -0.39 is 0 Å². The van der Waals surface area contributed by atoms with Crippen molar-refractivity contribution in [1.29, 1.82) is 0 Å². The van der Waals surface area contributed by atoms with E-state index in [0.717, 1.165) is 5.69 Å². The Balaban J connectivity index is 1.02. The number of benzene rings is 8. The van der Waals surface area contributed by atoms with Crippen LogP contribution in [0.25, 0.3) is 73.7 Å². The molecule has 0 amide bonds. The van der Waals surface area contributed by atoms with Crippen LogP contribution in [0.1, 0.15) is 49.9 Å². The Morgan fingerprint density at radius 3 is 1.61 bits per heavy atom. The van der Waals surface area contributed by atoms with Crippen LogP contribution in [0, 0.1) is 0 Å². The molecule has 0 unspecified atom stereocenters. The zero-order valence-electron chi connectivity index (χ0n) is 32.4. The van der Waals surface area contributed by atoms with Gasteiger partial charge < -0.3 is 4.90 Å². The van der Waals surface area contributed by atoms with Crippen molar-refractivity contribution in [2.75, 3.05) is 4.90 Å². The summed E-state index contributed by atoms with van der Waals surface area (Å²) in [5.41, 5.74) is 16.7. The first kappa shape index (κ1) is 33.2. The van der Waals surface area contributed by atoms with Crippen LogP contribution < -0.4 is 4.90 Å². The van der Waals surface area contributed by atoms with Crippen LogP contribution in [-0.4, -0.2) is 0 Å². The monoisotopic (exact) mass is 765 g/mol. The first-order valence-electron chi connectivity index (χ1n) is 19.9. The van der Waals surface area contributed by atoms with Crippen LogP contribution in [-0.2, 0) is 10.8 Å². The lowest BCUT2D eigenvalue weighted by Crippen LogP contribution is -2.18. The Kier molecular flexibility index (Phi) is 6.85. The second-order valence-electron chi connectivity index (χ2n) is 16.9. The zero-order chi connectivity index (χ0) is 38.2. The highest BCUT2D eigenvalue weighted by Crippen LogP contribution is 2.55. The minimum absolute atomic E-state index is 0.0982. The molecule has 3 heteroatoms. The van der Waals surface area contributed by atoms with Crippen molar-refractivity contribution in [1.82, 2.24) is 0 Å². The van der Waals surface area contributed by atoms with Crippen molar-refractivity contribution < 1.29 is 0 Å². The van der Waals surface area contributed by atoms with Gasteiger partial charge in [-0.3, -0.25) is 0 Å². The zero-order valence-corrected chi connectivity index (χ0v) is 34.0. The molecule has 0 fully saturated rings. The summed E-state index contributed by atoms with van der Waals surface area (Å²) in [4.78, 5) is 2.48. The van der Waals surface area contributed by atoms with Crippen LogP contribution in [0.5, 0.6) is 0 Å². The van der Waals surface area contributed by atoms with Gasteiger partial charge in [-0.15, -0.1) is 22.7 Å². The number of thiophene rings is 2. The Morgan fingerprint density at radius 2 is 0.877 bits per heavy atom. The van der Waals surface area contributed by atoms with Gasteiger partial charge in [0.15, 0.2) is 0 Å². The largest absolute Gasteiger partial charge is 0.310 e. The van der Waals surface area contributed by atoms with Gasteiger partial charge in [0.05, 0.1) is 0 Å². The van der Waals surface area contributed by atoms with E-state index in [1.807, 2.05) is 22.7 Å². The molecule has 0 N–H and O–H groups in total. The molecule has 0 radical (unpaired) electrons. The fourth-order valence-corrected chi connectivity index (χ4v) is 12.5. The number of fused-ring (bicyclic) bond motifs is 12. The molecule has 1 nitrogen and oxygen atoms in total. The summed E-state index contributed by atoms with van der Waals surface area (Å²) in [5, 5.41) is 5.38. The molecule has 2 aromatic heterocycles. The number of nitrogens with zero attached hydrogens (tertiary/aromatic N) is 1. The number of rotatable bonds is 4. The van der Waals surface area contributed by atoms with Crippen molar-refractivity contribution >= 4 is 80.1 Å². The highest BCUT2D eigenvalue weighted by atomic mass is 32.1. The van der Waals surface area contributed by atoms with Gasteiger partial charge in [0.2, 0.25) is 0 Å². The first-order chi connectivity index (χ1) is 27.8. The van der Waals surface area contributed by atoms with E-state index >= 15 is 0 Å². The third-order valence-electron chi connectivity index (χ3n) is 13.1. The van der Waals surface area contributed by atoms with Crippen molar-refractivity contribution in [3.63, 3.8) is 0 Å². The molecule has 2 heterocycles. The first-order valence-corrected chi connectivity index (χ1v) is 21.5. The van der Waals surface area contributed by atoms with Crippen LogP contribution in [0.15, 0.2) is 164 Å². The van der Waals surface area contributed by atoms with Gasteiger partial charge in [-0.05, 0) is 116 Å². The normalized spacial score (nSPS) is 14.6. The summed E-state index contributed by atoms with van der Waals surface area (Å²) >= 11 is 3.79. The van der Waals surface area contributed by atoms with E-state index in [9.17, 15) is 0 Å². The predicted octanol–water partition coefficient (Wildman–Crippen LogP) is 16.2. The minimum atomic E-state index is -0.155. The summed E-state index contributed by atoms with van der Waals surface area (Å²) in [6.45, 7) is 9.56. The van der Waals surface area contributed by atoms with Crippen LogP contribution >= 0.6 is 22.7 Å². The van der Waals surface area contributed by atoms with Crippen molar-refractivity contribution in [2.24, 2.45) is 0 Å². The molecular weight excluding hydrogens is 727 g/mol. The van der Waals surface area contributed by atoms with Gasteiger partial charge in [-0.2, -0.15) is 0 Å². The second kappa shape index (κ2) is 11.8. The Morgan fingerprint density at radius 1 is 0.351 bits per heavy atom. The third-order valence-corrected chi connectivity index (χ3v) is 15.4. The van der Waals surface area contributed by atoms with E-state index in [0.29, 0.717) is 0 Å². The lowest BCUT2D eigenvalue weighted by atomic mass is 9.81. The topological polar surface area (TPSA) is 3.24 Å². The highest BCUT2D eigenvalue weighted by molar-refractivity contribution is 7.26. The van der Waals surface area contributed by atoms with E-state index in [-0.39, 0.29) is 10.8 Å². The summed E-state index contributed by atoms with van der Waals surface area (Å²) in [5.74, 6) is 0. The van der Waals surface area contributed by atoms with Gasteiger partial charge in [-0.1, -0.05) is 131 Å². The van der Waals surface area contributed by atoms with Gasteiger partial charge >= 0.3 is 0 Å². The fraction of sp³-hybridized carbons (Fsp3) is 0.111. The predicted molar refractivity (Wildman–Crippen MR) is 247 cm³/mol. The fourth-order valence-electron chi connectivity index (χ4n) is 10.1. The molecule has 0 bridgehead atoms. The standard InChI is InChI=1S/C54H39NS2/c1-53(2)45-17-8-5-12-37(45)38-26-24-34(28-46(38)53)55(33-22-20-32(21-23-33)36-15-11-16-42-40-13-6-10-19-50(40)57-52(36)42)35-25-27-39-43-31-51-44(41-14-7-9-18-49(41)56-51)30-48(43)54(3,4)47(39)29-35/h5-31H,1-4H3. The average molecular weight is 766 g/mol. The summed E-state index contributed by atoms with van der Waals surface area (Å²) in [7, 11) is 0. The molecule has 0 atom stereocenters. The van der Waals surface area contributed by atoms with Crippen LogP contribution in [0.3, 0.4) is 0 Å². The smallest absolute Gasteiger partial charge is 0.0465 e. The van der Waals surface area contributed by atoms with E-state index in [4.69, 9.17) is 0 Å². The van der Waals surface area contributed by atoms with Gasteiger partial charge in [0.1, 0.15) is 0 Å². The molecule has 12 rings (SSSR count). The molecule has 10 aromatic rings. The van der Waals surface area contributed by atoms with E-state index in [1.54, 1.807) is 0 Å². The molecule has 8 aromatic carbocycles. The second-order valence-corrected chi connectivity index (χ2v) is 19.0. The molecule has 0 saturated heterocycles. The molecular formula is C54H39NS2. The highest BCUT2D eigenvalue weighted by Gasteiger charge is 2.38. The van der Waals surface area contributed by atoms with Crippen molar-refractivity contribution in [3.8, 4) is 33.4 Å². The van der Waals surface area contributed by atoms with Crippen LogP contribution in [0.4, 0.5) is 17.1 Å². The third kappa shape index (κ3) is 4.67. The SMILES string of the molecule is CC1(C)c2ccccc2-c2ccc(N(c3ccc(-c4cccc5c4sc4ccccc45)cc3)c3ccc4c(c3)C(C)(C)c3cc5c(cc3-4)sc3ccccc35)cc21. The van der Waals surface area contributed by atoms with E-state index in [2.05, 4.69) is 196 Å². The molecule has 272 valence electrons. The lowest BCUT2D eigenvalue weighted by molar-refractivity contribution is 0.660. The van der Waals surface area contributed by atoms with Crippen molar-refractivity contribution in [2.45, 2.75) is 38.5 Å². The summed E-state index contributed by atoms with van der Waals surface area (Å²) in [6.07, 6.45) is 0. The van der Waals surface area contributed by atoms with Gasteiger partial charge in [0.25, 0.3) is 0 Å². The van der Waals surface area contributed by atoms with E-state index in [1.165, 1.54) is 107 Å².